The molecule has 1 aliphatic heterocycles. The summed E-state index contributed by atoms with van der Waals surface area (Å²) in [5.74, 6) is 0. The summed E-state index contributed by atoms with van der Waals surface area (Å²) in [5.41, 5.74) is 0. The van der Waals surface area contributed by atoms with Gasteiger partial charge in [0.15, 0.2) is 0 Å². The van der Waals surface area contributed by atoms with Crippen molar-refractivity contribution >= 4 is 17.1 Å². The molecule has 1 heterocycles. The highest BCUT2D eigenvalue weighted by Gasteiger charge is 2.22. The summed E-state index contributed by atoms with van der Waals surface area (Å²) in [4.78, 5) is 10.7. The highest BCUT2D eigenvalue weighted by molar-refractivity contribution is 8.11. The van der Waals surface area contributed by atoms with Crippen molar-refractivity contribution in [2.24, 2.45) is 5.14 Å². The van der Waals surface area contributed by atoms with E-state index < -0.39 is 0 Å². The van der Waals surface area contributed by atoms with Crippen molar-refractivity contribution < 1.29 is 9.53 Å². The van der Waals surface area contributed by atoms with Crippen molar-refractivity contribution in [2.75, 3.05) is 6.61 Å². The van der Waals surface area contributed by atoms with Crippen LogP contribution in [0.15, 0.2) is 0 Å². The summed E-state index contributed by atoms with van der Waals surface area (Å²) in [7, 11) is 0. The average Bonchev–Trinajstić information content (AvgIpc) is 2.37. The molecule has 1 atom stereocenters. The van der Waals surface area contributed by atoms with Gasteiger partial charge in [0, 0.05) is 6.61 Å². The van der Waals surface area contributed by atoms with Crippen molar-refractivity contribution in [3.8, 4) is 0 Å². The average molecular weight is 147 g/mol. The number of carbonyl (C=O) groups is 1. The van der Waals surface area contributed by atoms with Gasteiger partial charge >= 0.3 is 0 Å². The van der Waals surface area contributed by atoms with Crippen LogP contribution in [-0.4, -0.2) is 17.8 Å². The summed E-state index contributed by atoms with van der Waals surface area (Å²) in [5, 5.41) is 4.99. The molecule has 0 bridgehead atoms. The second-order valence-electron chi connectivity index (χ2n) is 1.94. The first-order chi connectivity index (χ1) is 4.34. The molecule has 0 aliphatic carbocycles. The molecule has 0 saturated carbocycles. The molecule has 1 fully saturated rings. The normalized spacial score (nSPS) is 26.6. The molecule has 0 aromatic carbocycles. The van der Waals surface area contributed by atoms with E-state index in [1.165, 1.54) is 0 Å². The SMILES string of the molecule is NSC(=O)C1CCCO1. The lowest BCUT2D eigenvalue weighted by molar-refractivity contribution is -0.118. The van der Waals surface area contributed by atoms with E-state index in [1.807, 2.05) is 0 Å². The Morgan fingerprint density at radius 3 is 3.00 bits per heavy atom. The van der Waals surface area contributed by atoms with Crippen molar-refractivity contribution in [1.29, 1.82) is 0 Å². The third-order valence-electron chi connectivity index (χ3n) is 1.31. The van der Waals surface area contributed by atoms with Crippen LogP contribution < -0.4 is 5.14 Å². The molecule has 1 unspecified atom stereocenters. The van der Waals surface area contributed by atoms with Crippen molar-refractivity contribution in [2.45, 2.75) is 18.9 Å². The van der Waals surface area contributed by atoms with Gasteiger partial charge in [-0.15, -0.1) is 0 Å². The van der Waals surface area contributed by atoms with Crippen LogP contribution >= 0.6 is 11.9 Å². The smallest absolute Gasteiger partial charge is 0.232 e. The number of hydrogen-bond donors (Lipinski definition) is 1. The van der Waals surface area contributed by atoms with Gasteiger partial charge in [-0.25, -0.2) is 0 Å². The Morgan fingerprint density at radius 1 is 1.78 bits per heavy atom. The maximum Gasteiger partial charge on any atom is 0.232 e. The van der Waals surface area contributed by atoms with Crippen LogP contribution in [0.1, 0.15) is 12.8 Å². The highest BCUT2D eigenvalue weighted by Crippen LogP contribution is 2.15. The lowest BCUT2D eigenvalue weighted by Gasteiger charge is -2.02. The van der Waals surface area contributed by atoms with E-state index in [0.717, 1.165) is 24.8 Å². The van der Waals surface area contributed by atoms with E-state index in [1.54, 1.807) is 0 Å². The minimum Gasteiger partial charge on any atom is -0.369 e. The molecule has 3 nitrogen and oxygen atoms in total. The molecule has 0 spiro atoms. The summed E-state index contributed by atoms with van der Waals surface area (Å²) in [6, 6.07) is 0. The van der Waals surface area contributed by atoms with Gasteiger partial charge in [-0.05, 0) is 24.8 Å². The highest BCUT2D eigenvalue weighted by atomic mass is 32.2. The molecule has 52 valence electrons. The van der Waals surface area contributed by atoms with Crippen LogP contribution in [0.25, 0.3) is 0 Å². The molecule has 9 heavy (non-hydrogen) atoms. The predicted molar refractivity (Wildman–Crippen MR) is 35.8 cm³/mol. The Labute approximate surface area is 58.1 Å². The molecule has 1 saturated heterocycles. The lowest BCUT2D eigenvalue weighted by atomic mass is 10.3. The monoisotopic (exact) mass is 147 g/mol. The molecular formula is C5H9NO2S. The van der Waals surface area contributed by atoms with Crippen molar-refractivity contribution in [3.05, 3.63) is 0 Å². The molecule has 0 aromatic rings. The molecule has 1 aliphatic rings. The van der Waals surface area contributed by atoms with Gasteiger partial charge in [0.1, 0.15) is 6.10 Å². The fourth-order valence-corrected chi connectivity index (χ4v) is 1.18. The Hall–Kier alpha value is -0.0600. The zero-order valence-corrected chi connectivity index (χ0v) is 5.82. The van der Waals surface area contributed by atoms with Crippen LogP contribution in [0.2, 0.25) is 0 Å². The molecule has 4 heteroatoms. The first kappa shape index (κ1) is 7.05. The third kappa shape index (κ3) is 1.67. The minimum atomic E-state index is -0.222. The molecular weight excluding hydrogens is 138 g/mol. The Bertz CT molecular complexity index is 112. The number of rotatable bonds is 1. The fourth-order valence-electron chi connectivity index (χ4n) is 0.839. The van der Waals surface area contributed by atoms with Crippen LogP contribution in [0.4, 0.5) is 0 Å². The molecule has 2 N–H and O–H groups in total. The van der Waals surface area contributed by atoms with Crippen LogP contribution in [-0.2, 0) is 9.53 Å². The Balaban J connectivity index is 2.32. The molecule has 0 radical (unpaired) electrons. The van der Waals surface area contributed by atoms with Gasteiger partial charge in [0.25, 0.3) is 0 Å². The summed E-state index contributed by atoms with van der Waals surface area (Å²) in [6.07, 6.45) is 1.60. The summed E-state index contributed by atoms with van der Waals surface area (Å²) >= 11 is 0.758. The quantitative estimate of drug-likeness (QED) is 0.542. The Morgan fingerprint density at radius 2 is 2.56 bits per heavy atom. The zero-order valence-electron chi connectivity index (χ0n) is 5.00. The van der Waals surface area contributed by atoms with E-state index in [9.17, 15) is 4.79 Å². The van der Waals surface area contributed by atoms with E-state index in [2.05, 4.69) is 0 Å². The molecule has 1 rings (SSSR count). The van der Waals surface area contributed by atoms with Crippen molar-refractivity contribution in [1.82, 2.24) is 0 Å². The van der Waals surface area contributed by atoms with Gasteiger partial charge in [-0.1, -0.05) is 0 Å². The van der Waals surface area contributed by atoms with Gasteiger partial charge < -0.3 is 4.74 Å². The van der Waals surface area contributed by atoms with Crippen LogP contribution in [0.3, 0.4) is 0 Å². The number of hydrogen-bond acceptors (Lipinski definition) is 4. The zero-order chi connectivity index (χ0) is 6.69. The van der Waals surface area contributed by atoms with Crippen LogP contribution in [0.5, 0.6) is 0 Å². The maximum absolute atomic E-state index is 10.7. The number of carbonyl (C=O) groups excluding carboxylic acids is 1. The third-order valence-corrected chi connectivity index (χ3v) is 1.80. The molecule has 0 amide bonds. The minimum absolute atomic E-state index is 0.0486. The standard InChI is InChI=1S/C5H9NO2S/c6-9-5(7)4-2-1-3-8-4/h4H,1-3,6H2. The van der Waals surface area contributed by atoms with Gasteiger partial charge in [-0.2, -0.15) is 0 Å². The number of ether oxygens (including phenoxy) is 1. The first-order valence-electron chi connectivity index (χ1n) is 2.87. The van der Waals surface area contributed by atoms with E-state index in [-0.39, 0.29) is 11.2 Å². The fraction of sp³-hybridized carbons (Fsp3) is 0.800. The van der Waals surface area contributed by atoms with E-state index in [0.29, 0.717) is 6.61 Å². The second kappa shape index (κ2) is 3.20. The predicted octanol–water partition coefficient (Wildman–Crippen LogP) is 0.299. The van der Waals surface area contributed by atoms with E-state index >= 15 is 0 Å². The van der Waals surface area contributed by atoms with Gasteiger partial charge in [0.05, 0.1) is 0 Å². The Kier molecular flexibility index (Phi) is 2.50. The first-order valence-corrected chi connectivity index (χ1v) is 3.74. The van der Waals surface area contributed by atoms with Crippen LogP contribution in [0, 0.1) is 0 Å². The maximum atomic E-state index is 10.7. The molecule has 0 aromatic heterocycles. The largest absolute Gasteiger partial charge is 0.369 e. The summed E-state index contributed by atoms with van der Waals surface area (Å²) in [6.45, 7) is 0.705. The van der Waals surface area contributed by atoms with Gasteiger partial charge in [0.2, 0.25) is 5.12 Å². The van der Waals surface area contributed by atoms with Crippen molar-refractivity contribution in [3.63, 3.8) is 0 Å². The van der Waals surface area contributed by atoms with E-state index in [4.69, 9.17) is 9.88 Å². The number of nitrogens with two attached hydrogens (primary N) is 1. The summed E-state index contributed by atoms with van der Waals surface area (Å²) < 4.78 is 5.06. The topological polar surface area (TPSA) is 52.3 Å². The lowest BCUT2D eigenvalue weighted by Crippen LogP contribution is -2.17. The van der Waals surface area contributed by atoms with Gasteiger partial charge in [-0.3, -0.25) is 9.93 Å². The second-order valence-corrected chi connectivity index (χ2v) is 2.58.